The maximum atomic E-state index is 12.6. The largest absolute Gasteiger partial charge is 0.416 e. The van der Waals surface area contributed by atoms with Crippen LogP contribution in [-0.4, -0.2) is 72.3 Å². The van der Waals surface area contributed by atoms with E-state index in [1.165, 1.54) is 17.0 Å². The maximum Gasteiger partial charge on any atom is 0.416 e. The van der Waals surface area contributed by atoms with Crippen molar-refractivity contribution in [2.24, 2.45) is 0 Å². The fraction of sp³-hybridized carbons (Fsp3) is 0.526. The Morgan fingerprint density at radius 2 is 1.75 bits per heavy atom. The number of carbonyl (C=O) groups excluding carboxylic acids is 2. The average Bonchev–Trinajstić information content (AvgIpc) is 2.69. The number of nitrogens with zero attached hydrogens (tertiary/aromatic N) is 4. The second kappa shape index (κ2) is 9.06. The molecular weight excluding hydrogens is 373 g/mol. The van der Waals surface area contributed by atoms with Gasteiger partial charge in [0.05, 0.1) is 24.1 Å². The number of benzene rings is 1. The Morgan fingerprint density at radius 1 is 1.18 bits per heavy atom. The van der Waals surface area contributed by atoms with E-state index in [1.54, 1.807) is 18.9 Å². The van der Waals surface area contributed by atoms with Gasteiger partial charge < -0.3 is 9.80 Å². The lowest BCUT2D eigenvalue weighted by atomic mass is 10.1. The molecule has 1 fully saturated rings. The number of piperazine rings is 1. The Kier molecular flexibility index (Phi) is 7.02. The van der Waals surface area contributed by atoms with Crippen LogP contribution in [-0.2, 0) is 11.0 Å². The SMILES string of the molecule is CC(C(=O)N(C)CCC#N)N1CCN(C(=O)c2ccc(C(F)(F)F)cc2)CC1. The summed E-state index contributed by atoms with van der Waals surface area (Å²) in [6.07, 6.45) is -4.17. The topological polar surface area (TPSA) is 67.7 Å². The highest BCUT2D eigenvalue weighted by atomic mass is 19.4. The van der Waals surface area contributed by atoms with Crippen LogP contribution < -0.4 is 0 Å². The van der Waals surface area contributed by atoms with Gasteiger partial charge in [-0.1, -0.05) is 0 Å². The Balaban J connectivity index is 1.91. The second-order valence-corrected chi connectivity index (χ2v) is 6.75. The number of halogens is 3. The zero-order chi connectivity index (χ0) is 20.9. The number of amides is 2. The molecule has 9 heteroatoms. The molecule has 0 N–H and O–H groups in total. The van der Waals surface area contributed by atoms with Gasteiger partial charge >= 0.3 is 6.18 Å². The molecule has 1 unspecified atom stereocenters. The van der Waals surface area contributed by atoms with Crippen LogP contribution in [0.1, 0.15) is 29.3 Å². The quantitative estimate of drug-likeness (QED) is 0.766. The van der Waals surface area contributed by atoms with E-state index in [0.29, 0.717) is 32.7 Å². The van der Waals surface area contributed by atoms with E-state index in [0.717, 1.165) is 12.1 Å². The number of hydrogen-bond donors (Lipinski definition) is 0. The molecule has 1 aromatic carbocycles. The lowest BCUT2D eigenvalue weighted by molar-refractivity contribution is -0.137. The Hall–Kier alpha value is -2.60. The van der Waals surface area contributed by atoms with E-state index in [4.69, 9.17) is 5.26 Å². The first-order valence-corrected chi connectivity index (χ1v) is 8.97. The molecule has 1 aliphatic heterocycles. The molecule has 1 heterocycles. The monoisotopic (exact) mass is 396 g/mol. The van der Waals surface area contributed by atoms with Crippen molar-refractivity contribution in [1.82, 2.24) is 14.7 Å². The summed E-state index contributed by atoms with van der Waals surface area (Å²) in [5.41, 5.74) is -0.580. The van der Waals surface area contributed by atoms with Crippen molar-refractivity contribution < 1.29 is 22.8 Å². The van der Waals surface area contributed by atoms with Crippen LogP contribution in [0.4, 0.5) is 13.2 Å². The van der Waals surface area contributed by atoms with Gasteiger partial charge in [-0.05, 0) is 31.2 Å². The highest BCUT2D eigenvalue weighted by Gasteiger charge is 2.31. The minimum absolute atomic E-state index is 0.0854. The van der Waals surface area contributed by atoms with E-state index >= 15 is 0 Å². The van der Waals surface area contributed by atoms with Crippen LogP contribution in [0.3, 0.4) is 0 Å². The molecule has 0 bridgehead atoms. The summed E-state index contributed by atoms with van der Waals surface area (Å²) in [6, 6.07) is 5.82. The molecule has 152 valence electrons. The minimum Gasteiger partial charge on any atom is -0.343 e. The first-order valence-electron chi connectivity index (χ1n) is 8.97. The third-order valence-electron chi connectivity index (χ3n) is 4.90. The van der Waals surface area contributed by atoms with Crippen molar-refractivity contribution >= 4 is 11.8 Å². The molecule has 0 saturated carbocycles. The minimum atomic E-state index is -4.43. The third kappa shape index (κ3) is 5.23. The van der Waals surface area contributed by atoms with Crippen LogP contribution >= 0.6 is 0 Å². The predicted octanol–water partition coefficient (Wildman–Crippen LogP) is 2.22. The summed E-state index contributed by atoms with van der Waals surface area (Å²) in [6.45, 7) is 3.92. The molecule has 0 aliphatic carbocycles. The number of carbonyl (C=O) groups is 2. The van der Waals surface area contributed by atoms with E-state index in [9.17, 15) is 22.8 Å². The summed E-state index contributed by atoms with van der Waals surface area (Å²) in [5.74, 6) is -0.406. The van der Waals surface area contributed by atoms with E-state index < -0.39 is 11.7 Å². The molecule has 6 nitrogen and oxygen atoms in total. The van der Waals surface area contributed by atoms with Crippen LogP contribution in [0.25, 0.3) is 0 Å². The number of likely N-dealkylation sites (N-methyl/N-ethyl adjacent to an activating group) is 1. The van der Waals surface area contributed by atoms with E-state index in [-0.39, 0.29) is 29.8 Å². The average molecular weight is 396 g/mol. The maximum absolute atomic E-state index is 12.6. The normalized spacial score (nSPS) is 16.4. The lowest BCUT2D eigenvalue weighted by Crippen LogP contribution is -2.55. The molecule has 28 heavy (non-hydrogen) atoms. The van der Waals surface area contributed by atoms with Gasteiger partial charge in [0, 0.05) is 45.3 Å². The number of rotatable bonds is 5. The predicted molar refractivity (Wildman–Crippen MR) is 96.2 cm³/mol. The molecule has 1 aliphatic rings. The molecule has 1 aromatic rings. The fourth-order valence-electron chi connectivity index (χ4n) is 3.10. The Morgan fingerprint density at radius 3 is 2.25 bits per heavy atom. The number of hydrogen-bond acceptors (Lipinski definition) is 4. The summed E-state index contributed by atoms with van der Waals surface area (Å²) < 4.78 is 37.9. The lowest BCUT2D eigenvalue weighted by Gasteiger charge is -2.38. The first kappa shape index (κ1) is 21.7. The molecule has 0 spiro atoms. The van der Waals surface area contributed by atoms with Gasteiger partial charge in [-0.25, -0.2) is 0 Å². The van der Waals surface area contributed by atoms with Crippen LogP contribution in [0.15, 0.2) is 24.3 Å². The first-order chi connectivity index (χ1) is 13.1. The molecule has 1 atom stereocenters. The summed E-state index contributed by atoms with van der Waals surface area (Å²) in [7, 11) is 1.65. The van der Waals surface area contributed by atoms with Gasteiger partial charge in [0.25, 0.3) is 5.91 Å². The number of alkyl halides is 3. The summed E-state index contributed by atoms with van der Waals surface area (Å²) in [5, 5.41) is 8.62. The Labute approximate surface area is 162 Å². The van der Waals surface area contributed by atoms with Gasteiger partial charge in [0.1, 0.15) is 0 Å². The summed E-state index contributed by atoms with van der Waals surface area (Å²) in [4.78, 5) is 30.0. The van der Waals surface area contributed by atoms with Crippen molar-refractivity contribution in [2.75, 3.05) is 39.8 Å². The second-order valence-electron chi connectivity index (χ2n) is 6.75. The van der Waals surface area contributed by atoms with Crippen LogP contribution in [0.5, 0.6) is 0 Å². The third-order valence-corrected chi connectivity index (χ3v) is 4.90. The molecular formula is C19H23F3N4O2. The van der Waals surface area contributed by atoms with Gasteiger partial charge in [-0.15, -0.1) is 0 Å². The van der Waals surface area contributed by atoms with Crippen molar-refractivity contribution in [1.29, 1.82) is 5.26 Å². The molecule has 0 radical (unpaired) electrons. The zero-order valence-corrected chi connectivity index (χ0v) is 15.9. The van der Waals surface area contributed by atoms with Gasteiger partial charge in [0.15, 0.2) is 0 Å². The molecule has 1 saturated heterocycles. The standard InChI is InChI=1S/C19H23F3N4O2/c1-14(17(27)24(2)9-3-8-23)25-10-12-26(13-11-25)18(28)15-4-6-16(7-5-15)19(20,21)22/h4-7,14H,3,9-13H2,1-2H3. The highest BCUT2D eigenvalue weighted by Crippen LogP contribution is 2.29. The molecule has 2 rings (SSSR count). The van der Waals surface area contributed by atoms with E-state index in [1.807, 2.05) is 11.0 Å². The fourth-order valence-corrected chi connectivity index (χ4v) is 3.10. The van der Waals surface area contributed by atoms with Crippen molar-refractivity contribution in [3.63, 3.8) is 0 Å². The summed E-state index contributed by atoms with van der Waals surface area (Å²) >= 11 is 0. The number of nitriles is 1. The molecule has 2 amide bonds. The zero-order valence-electron chi connectivity index (χ0n) is 15.9. The van der Waals surface area contributed by atoms with Gasteiger partial charge in [-0.2, -0.15) is 18.4 Å². The molecule has 0 aromatic heterocycles. The Bertz CT molecular complexity index is 735. The van der Waals surface area contributed by atoms with Crippen LogP contribution in [0.2, 0.25) is 0 Å². The van der Waals surface area contributed by atoms with Gasteiger partial charge in [-0.3, -0.25) is 14.5 Å². The van der Waals surface area contributed by atoms with Gasteiger partial charge in [0.2, 0.25) is 5.91 Å². The van der Waals surface area contributed by atoms with Crippen molar-refractivity contribution in [3.05, 3.63) is 35.4 Å². The smallest absolute Gasteiger partial charge is 0.343 e. The van der Waals surface area contributed by atoms with E-state index in [2.05, 4.69) is 0 Å². The highest BCUT2D eigenvalue weighted by molar-refractivity contribution is 5.94. The van der Waals surface area contributed by atoms with Crippen molar-refractivity contribution in [2.45, 2.75) is 25.6 Å². The van der Waals surface area contributed by atoms with Crippen molar-refractivity contribution in [3.8, 4) is 6.07 Å². The van der Waals surface area contributed by atoms with Crippen LogP contribution in [0, 0.1) is 11.3 Å².